The highest BCUT2D eigenvalue weighted by atomic mass is 16.4. The Bertz CT molecular complexity index is 550. The normalized spacial score (nSPS) is 14.4. The molecule has 1 rings (SSSR count). The average Bonchev–Trinajstić information content (AvgIpc) is 2.91. The number of rotatable bonds is 8. The van der Waals surface area contributed by atoms with Crippen molar-refractivity contribution in [1.82, 2.24) is 16.0 Å². The molecule has 0 aliphatic heterocycles. The van der Waals surface area contributed by atoms with Crippen LogP contribution in [-0.4, -0.2) is 42.6 Å². The van der Waals surface area contributed by atoms with E-state index in [-0.39, 0.29) is 18.5 Å². The van der Waals surface area contributed by atoms with Gasteiger partial charge in [0.15, 0.2) is 5.96 Å². The molecule has 7 nitrogen and oxygen atoms in total. The van der Waals surface area contributed by atoms with E-state index in [1.54, 1.807) is 13.0 Å². The summed E-state index contributed by atoms with van der Waals surface area (Å²) < 4.78 is 5.48. The summed E-state index contributed by atoms with van der Waals surface area (Å²) in [6.07, 6.45) is 0.358. The van der Waals surface area contributed by atoms with E-state index in [0.717, 1.165) is 5.76 Å². The van der Waals surface area contributed by atoms with Crippen molar-refractivity contribution in [3.63, 3.8) is 0 Å². The van der Waals surface area contributed by atoms with Gasteiger partial charge in [0.1, 0.15) is 17.1 Å². The van der Waals surface area contributed by atoms with Crippen LogP contribution in [0.4, 0.5) is 0 Å². The van der Waals surface area contributed by atoms with Crippen LogP contribution in [0.1, 0.15) is 45.6 Å². The molecule has 0 aliphatic rings. The Morgan fingerprint density at radius 2 is 2.08 bits per heavy atom. The van der Waals surface area contributed by atoms with Gasteiger partial charge in [-0.05, 0) is 46.8 Å². The summed E-state index contributed by atoms with van der Waals surface area (Å²) >= 11 is 0. The van der Waals surface area contributed by atoms with Gasteiger partial charge in [0.25, 0.3) is 0 Å². The zero-order chi connectivity index (χ0) is 18.2. The van der Waals surface area contributed by atoms with Gasteiger partial charge in [0.05, 0.1) is 6.54 Å². The fraction of sp³-hybridized carbons (Fsp3) is 0.647. The Balaban J connectivity index is 2.57. The van der Waals surface area contributed by atoms with Crippen LogP contribution in [0.5, 0.6) is 0 Å². The van der Waals surface area contributed by atoms with Crippen LogP contribution in [0, 0.1) is 6.92 Å². The number of aliphatic imine (C=N–C) groups is 1. The predicted octanol–water partition coefficient (Wildman–Crippen LogP) is 1.27. The Morgan fingerprint density at radius 3 is 2.62 bits per heavy atom. The third-order valence-corrected chi connectivity index (χ3v) is 3.25. The number of hydrogen-bond acceptors (Lipinski definition) is 4. The maximum absolute atomic E-state index is 11.6. The minimum Gasteiger partial charge on any atom is -0.463 e. The summed E-state index contributed by atoms with van der Waals surface area (Å²) in [5.41, 5.74) is -1.19. The molecule has 0 bridgehead atoms. The molecule has 1 amide bonds. The first kappa shape index (κ1) is 20.0. The monoisotopic (exact) mass is 338 g/mol. The molecule has 0 spiro atoms. The van der Waals surface area contributed by atoms with E-state index in [9.17, 15) is 9.90 Å². The maximum atomic E-state index is 11.6. The smallest absolute Gasteiger partial charge is 0.221 e. The van der Waals surface area contributed by atoms with E-state index in [1.165, 1.54) is 0 Å². The van der Waals surface area contributed by atoms with Crippen LogP contribution < -0.4 is 16.0 Å². The van der Waals surface area contributed by atoms with Gasteiger partial charge in [0, 0.05) is 25.6 Å². The number of aliphatic hydroxyl groups is 1. The summed E-state index contributed by atoms with van der Waals surface area (Å²) in [7, 11) is 0. The molecule has 7 heteroatoms. The lowest BCUT2D eigenvalue weighted by Crippen LogP contribution is -2.41. The predicted molar refractivity (Wildman–Crippen MR) is 94.9 cm³/mol. The number of nitrogens with one attached hydrogen (secondary N) is 3. The molecular formula is C17H30N4O3. The van der Waals surface area contributed by atoms with E-state index in [1.807, 2.05) is 33.8 Å². The Hall–Kier alpha value is -2.02. The number of nitrogens with zero attached hydrogens (tertiary/aromatic N) is 1. The van der Waals surface area contributed by atoms with Crippen LogP contribution >= 0.6 is 0 Å². The summed E-state index contributed by atoms with van der Waals surface area (Å²) in [6, 6.07) is 3.69. The molecule has 1 aromatic heterocycles. The lowest BCUT2D eigenvalue weighted by atomic mass is 10.0. The number of amides is 1. The molecule has 0 radical (unpaired) electrons. The summed E-state index contributed by atoms with van der Waals surface area (Å²) in [5.74, 6) is 1.77. The van der Waals surface area contributed by atoms with Crippen LogP contribution in [-0.2, 0) is 10.4 Å². The highest BCUT2D eigenvalue weighted by Crippen LogP contribution is 2.22. The first-order valence-electron chi connectivity index (χ1n) is 8.35. The molecule has 4 N–H and O–H groups in total. The fourth-order valence-corrected chi connectivity index (χ4v) is 2.07. The van der Waals surface area contributed by atoms with Crippen molar-refractivity contribution >= 4 is 11.9 Å². The van der Waals surface area contributed by atoms with Gasteiger partial charge >= 0.3 is 0 Å². The SMILES string of the molecule is CCNC(=NCC(C)(O)c1ccc(C)o1)NCCC(=O)NC(C)C. The highest BCUT2D eigenvalue weighted by molar-refractivity contribution is 5.81. The maximum Gasteiger partial charge on any atom is 0.221 e. The van der Waals surface area contributed by atoms with E-state index < -0.39 is 5.60 Å². The van der Waals surface area contributed by atoms with Gasteiger partial charge < -0.3 is 25.5 Å². The van der Waals surface area contributed by atoms with Crippen molar-refractivity contribution < 1.29 is 14.3 Å². The highest BCUT2D eigenvalue weighted by Gasteiger charge is 2.26. The average molecular weight is 338 g/mol. The number of carbonyl (C=O) groups excluding carboxylic acids is 1. The largest absolute Gasteiger partial charge is 0.463 e. The minimum atomic E-state index is -1.19. The van der Waals surface area contributed by atoms with Crippen molar-refractivity contribution in [1.29, 1.82) is 0 Å². The molecule has 1 aromatic rings. The first-order chi connectivity index (χ1) is 11.2. The standard InChI is InChI=1S/C17H30N4O3/c1-6-18-16(19-10-9-15(22)21-12(2)3)20-11-17(5,23)14-8-7-13(4)24-14/h7-8,12,23H,6,9-11H2,1-5H3,(H,21,22)(H2,18,19,20). The first-order valence-corrected chi connectivity index (χ1v) is 8.35. The van der Waals surface area contributed by atoms with Crippen LogP contribution in [0.25, 0.3) is 0 Å². The zero-order valence-electron chi connectivity index (χ0n) is 15.3. The molecule has 1 heterocycles. The molecule has 0 fully saturated rings. The third kappa shape index (κ3) is 7.04. The number of hydrogen-bond donors (Lipinski definition) is 4. The minimum absolute atomic E-state index is 0.00796. The Morgan fingerprint density at radius 1 is 1.38 bits per heavy atom. The van der Waals surface area contributed by atoms with Crippen LogP contribution in [0.3, 0.4) is 0 Å². The second-order valence-electron chi connectivity index (χ2n) is 6.28. The topological polar surface area (TPSA) is 98.9 Å². The van der Waals surface area contributed by atoms with E-state index in [4.69, 9.17) is 4.42 Å². The second kappa shape index (κ2) is 9.32. The van der Waals surface area contributed by atoms with Gasteiger partial charge in [-0.2, -0.15) is 0 Å². The third-order valence-electron chi connectivity index (χ3n) is 3.25. The number of aryl methyl sites for hydroxylation is 1. The van der Waals surface area contributed by atoms with Crippen molar-refractivity contribution in [3.8, 4) is 0 Å². The zero-order valence-corrected chi connectivity index (χ0v) is 15.3. The van der Waals surface area contributed by atoms with E-state index in [0.29, 0.717) is 31.2 Å². The molecule has 24 heavy (non-hydrogen) atoms. The quantitative estimate of drug-likeness (QED) is 0.422. The van der Waals surface area contributed by atoms with Crippen molar-refractivity contribution in [2.75, 3.05) is 19.6 Å². The Kier molecular flexibility index (Phi) is 7.78. The Labute approximate surface area is 143 Å². The summed E-state index contributed by atoms with van der Waals surface area (Å²) in [4.78, 5) is 16.0. The van der Waals surface area contributed by atoms with Crippen LogP contribution in [0.2, 0.25) is 0 Å². The van der Waals surface area contributed by atoms with Gasteiger partial charge in [-0.25, -0.2) is 4.99 Å². The van der Waals surface area contributed by atoms with Crippen LogP contribution in [0.15, 0.2) is 21.5 Å². The lowest BCUT2D eigenvalue weighted by Gasteiger charge is -2.19. The molecule has 136 valence electrons. The molecule has 1 atom stereocenters. The van der Waals surface area contributed by atoms with Gasteiger partial charge in [0.2, 0.25) is 5.91 Å². The molecule has 0 saturated carbocycles. The molecule has 0 aromatic carbocycles. The van der Waals surface area contributed by atoms with E-state index in [2.05, 4.69) is 20.9 Å². The van der Waals surface area contributed by atoms with Crippen molar-refractivity contribution in [2.24, 2.45) is 4.99 Å². The molecule has 1 unspecified atom stereocenters. The molecular weight excluding hydrogens is 308 g/mol. The van der Waals surface area contributed by atoms with Gasteiger partial charge in [-0.1, -0.05) is 0 Å². The van der Waals surface area contributed by atoms with Crippen molar-refractivity contribution in [2.45, 2.75) is 52.7 Å². The fourth-order valence-electron chi connectivity index (χ4n) is 2.07. The number of carbonyl (C=O) groups is 1. The summed E-state index contributed by atoms with van der Waals surface area (Å²) in [6.45, 7) is 10.6. The van der Waals surface area contributed by atoms with Crippen molar-refractivity contribution in [3.05, 3.63) is 23.7 Å². The lowest BCUT2D eigenvalue weighted by molar-refractivity contribution is -0.121. The summed E-state index contributed by atoms with van der Waals surface area (Å²) in [5, 5.41) is 19.5. The number of furan rings is 1. The molecule has 0 saturated heterocycles. The van der Waals surface area contributed by atoms with Gasteiger partial charge in [-0.15, -0.1) is 0 Å². The van der Waals surface area contributed by atoms with E-state index >= 15 is 0 Å². The number of guanidine groups is 1. The second-order valence-corrected chi connectivity index (χ2v) is 6.28. The molecule has 0 aliphatic carbocycles. The van der Waals surface area contributed by atoms with Gasteiger partial charge in [-0.3, -0.25) is 4.79 Å².